The fraction of sp³-hybridized carbons (Fsp3) is 0.200. The molecular weight excluding hydrogens is 194 g/mol. The van der Waals surface area contributed by atoms with Gasteiger partial charge < -0.3 is 8.83 Å². The number of aromatic nitrogens is 3. The van der Waals surface area contributed by atoms with E-state index in [1.807, 2.05) is 19.9 Å². The van der Waals surface area contributed by atoms with E-state index in [4.69, 9.17) is 8.83 Å². The van der Waals surface area contributed by atoms with Gasteiger partial charge >= 0.3 is 5.78 Å². The smallest absolute Gasteiger partial charge is 0.320 e. The molecular formula is C10H9N3O2. The number of rotatable bonds is 1. The lowest BCUT2D eigenvalue weighted by Crippen LogP contribution is -1.97. The van der Waals surface area contributed by atoms with Crippen LogP contribution in [-0.4, -0.2) is 14.8 Å². The molecule has 15 heavy (non-hydrogen) atoms. The quantitative estimate of drug-likeness (QED) is 0.608. The molecule has 0 radical (unpaired) electrons. The third-order valence-electron chi connectivity index (χ3n) is 2.29. The molecule has 0 fully saturated rings. The number of oxazole rings is 1. The van der Waals surface area contributed by atoms with Crippen LogP contribution in [0.5, 0.6) is 0 Å². The van der Waals surface area contributed by atoms with Crippen LogP contribution < -0.4 is 0 Å². The first-order valence-electron chi connectivity index (χ1n) is 4.60. The number of fused-ring (bicyclic) bond motifs is 1. The average Bonchev–Trinajstić information content (AvgIpc) is 2.80. The van der Waals surface area contributed by atoms with Gasteiger partial charge in [0.1, 0.15) is 12.0 Å². The normalized spacial score (nSPS) is 11.3. The van der Waals surface area contributed by atoms with Crippen LogP contribution in [0.25, 0.3) is 17.0 Å². The van der Waals surface area contributed by atoms with Crippen molar-refractivity contribution in [3.8, 4) is 5.69 Å². The molecule has 0 aliphatic carbocycles. The Morgan fingerprint density at radius 3 is 2.87 bits per heavy atom. The molecule has 0 spiro atoms. The van der Waals surface area contributed by atoms with Crippen molar-refractivity contribution in [2.45, 2.75) is 13.8 Å². The lowest BCUT2D eigenvalue weighted by atomic mass is 10.4. The van der Waals surface area contributed by atoms with Crippen molar-refractivity contribution >= 4 is 11.3 Å². The zero-order valence-corrected chi connectivity index (χ0v) is 8.39. The molecule has 3 heterocycles. The van der Waals surface area contributed by atoms with Crippen LogP contribution in [0.15, 0.2) is 27.6 Å². The third-order valence-corrected chi connectivity index (χ3v) is 2.29. The maximum Gasteiger partial charge on any atom is 0.320 e. The first kappa shape index (κ1) is 8.28. The van der Waals surface area contributed by atoms with Gasteiger partial charge in [-0.15, -0.1) is 0 Å². The van der Waals surface area contributed by atoms with Crippen LogP contribution in [0.4, 0.5) is 0 Å². The van der Waals surface area contributed by atoms with E-state index < -0.39 is 0 Å². The predicted octanol–water partition coefficient (Wildman–Crippen LogP) is 2.22. The molecule has 0 amide bonds. The summed E-state index contributed by atoms with van der Waals surface area (Å²) in [4.78, 5) is 4.08. The molecule has 5 nitrogen and oxygen atoms in total. The zero-order valence-electron chi connectivity index (χ0n) is 8.39. The van der Waals surface area contributed by atoms with Crippen molar-refractivity contribution in [2.24, 2.45) is 0 Å². The van der Waals surface area contributed by atoms with E-state index in [-0.39, 0.29) is 0 Å². The second kappa shape index (κ2) is 2.73. The zero-order chi connectivity index (χ0) is 10.4. The largest absolute Gasteiger partial charge is 0.430 e. The van der Waals surface area contributed by atoms with E-state index in [0.29, 0.717) is 11.3 Å². The Hall–Kier alpha value is -2.04. The Kier molecular flexibility index (Phi) is 1.50. The summed E-state index contributed by atoms with van der Waals surface area (Å²) in [6, 6.07) is 2.00. The molecule has 0 saturated carbocycles. The SMILES string of the molecule is Cc1cc(C)n(-c2coc3ocnc23)n1. The summed E-state index contributed by atoms with van der Waals surface area (Å²) in [6.45, 7) is 3.93. The average molecular weight is 203 g/mol. The lowest BCUT2D eigenvalue weighted by Gasteiger charge is -1.97. The molecule has 0 N–H and O–H groups in total. The van der Waals surface area contributed by atoms with E-state index >= 15 is 0 Å². The summed E-state index contributed by atoms with van der Waals surface area (Å²) >= 11 is 0. The van der Waals surface area contributed by atoms with Crippen LogP contribution in [0.2, 0.25) is 0 Å². The van der Waals surface area contributed by atoms with Gasteiger partial charge in [0.25, 0.3) is 0 Å². The highest BCUT2D eigenvalue weighted by Crippen LogP contribution is 2.23. The van der Waals surface area contributed by atoms with E-state index in [1.54, 1.807) is 10.9 Å². The number of furan rings is 1. The molecule has 76 valence electrons. The van der Waals surface area contributed by atoms with Crippen LogP contribution in [0.3, 0.4) is 0 Å². The van der Waals surface area contributed by atoms with E-state index in [2.05, 4.69) is 10.1 Å². The minimum Gasteiger partial charge on any atom is -0.430 e. The van der Waals surface area contributed by atoms with Gasteiger partial charge in [0.05, 0.1) is 5.69 Å². The molecule has 0 unspecified atom stereocenters. The van der Waals surface area contributed by atoms with Gasteiger partial charge in [-0.05, 0) is 19.9 Å². The summed E-state index contributed by atoms with van der Waals surface area (Å²) in [7, 11) is 0. The Balaban J connectivity index is 2.30. The monoisotopic (exact) mass is 203 g/mol. The maximum absolute atomic E-state index is 5.22. The molecule has 0 bridgehead atoms. The number of aryl methyl sites for hydroxylation is 2. The third kappa shape index (κ3) is 1.09. The number of hydrogen-bond acceptors (Lipinski definition) is 4. The maximum atomic E-state index is 5.22. The molecule has 5 heteroatoms. The summed E-state index contributed by atoms with van der Waals surface area (Å²) in [5.74, 6) is 0.428. The van der Waals surface area contributed by atoms with Gasteiger partial charge in [0.15, 0.2) is 11.9 Å². The molecule has 3 aromatic heterocycles. The molecule has 0 aliphatic heterocycles. The Labute approximate surface area is 85.3 Å². The minimum atomic E-state index is 0.428. The van der Waals surface area contributed by atoms with E-state index in [9.17, 15) is 0 Å². The van der Waals surface area contributed by atoms with Crippen molar-refractivity contribution in [3.63, 3.8) is 0 Å². The second-order valence-electron chi connectivity index (χ2n) is 3.45. The molecule has 0 saturated heterocycles. The van der Waals surface area contributed by atoms with Gasteiger partial charge in [-0.2, -0.15) is 5.10 Å². The first-order chi connectivity index (χ1) is 7.25. The molecule has 0 aromatic carbocycles. The molecule has 0 atom stereocenters. The van der Waals surface area contributed by atoms with Crippen molar-refractivity contribution in [1.82, 2.24) is 14.8 Å². The fourth-order valence-electron chi connectivity index (χ4n) is 1.68. The number of nitrogens with zero attached hydrogens (tertiary/aromatic N) is 3. The van der Waals surface area contributed by atoms with Crippen molar-refractivity contribution in [1.29, 1.82) is 0 Å². The highest BCUT2D eigenvalue weighted by atomic mass is 16.5. The summed E-state index contributed by atoms with van der Waals surface area (Å²) < 4.78 is 12.1. The van der Waals surface area contributed by atoms with E-state index in [0.717, 1.165) is 17.1 Å². The lowest BCUT2D eigenvalue weighted by molar-refractivity contribution is 0.472. The topological polar surface area (TPSA) is 57.0 Å². The Morgan fingerprint density at radius 2 is 2.13 bits per heavy atom. The highest BCUT2D eigenvalue weighted by molar-refractivity contribution is 5.77. The summed E-state index contributed by atoms with van der Waals surface area (Å²) in [6.07, 6.45) is 2.96. The van der Waals surface area contributed by atoms with Gasteiger partial charge in [-0.3, -0.25) is 0 Å². The summed E-state index contributed by atoms with van der Waals surface area (Å²) in [5, 5.41) is 4.36. The number of hydrogen-bond donors (Lipinski definition) is 0. The Bertz CT molecular complexity index is 617. The van der Waals surface area contributed by atoms with E-state index in [1.165, 1.54) is 6.39 Å². The van der Waals surface area contributed by atoms with Crippen molar-refractivity contribution in [3.05, 3.63) is 30.1 Å². The fourth-order valence-corrected chi connectivity index (χ4v) is 1.68. The van der Waals surface area contributed by atoms with Gasteiger partial charge in [0.2, 0.25) is 0 Å². The first-order valence-corrected chi connectivity index (χ1v) is 4.60. The second-order valence-corrected chi connectivity index (χ2v) is 3.45. The Morgan fingerprint density at radius 1 is 1.27 bits per heavy atom. The molecule has 3 aromatic rings. The molecule has 3 rings (SSSR count). The van der Waals surface area contributed by atoms with Crippen molar-refractivity contribution < 1.29 is 8.83 Å². The van der Waals surface area contributed by atoms with Gasteiger partial charge in [-0.1, -0.05) is 0 Å². The summed E-state index contributed by atoms with van der Waals surface area (Å²) in [5.41, 5.74) is 3.51. The van der Waals surface area contributed by atoms with Gasteiger partial charge in [0, 0.05) is 5.69 Å². The van der Waals surface area contributed by atoms with Crippen LogP contribution in [0, 0.1) is 13.8 Å². The molecule has 0 aliphatic rings. The van der Waals surface area contributed by atoms with Crippen LogP contribution in [0.1, 0.15) is 11.4 Å². The highest BCUT2D eigenvalue weighted by Gasteiger charge is 2.14. The van der Waals surface area contributed by atoms with Gasteiger partial charge in [-0.25, -0.2) is 9.67 Å². The van der Waals surface area contributed by atoms with Crippen LogP contribution in [-0.2, 0) is 0 Å². The minimum absolute atomic E-state index is 0.428. The van der Waals surface area contributed by atoms with Crippen molar-refractivity contribution in [2.75, 3.05) is 0 Å². The van der Waals surface area contributed by atoms with Crippen LogP contribution >= 0.6 is 0 Å². The standard InChI is InChI=1S/C10H9N3O2/c1-6-3-7(2)13(12-6)8-4-14-10-9(8)11-5-15-10/h3-5H,1-2H3. The predicted molar refractivity (Wildman–Crippen MR) is 52.9 cm³/mol.